The van der Waals surface area contributed by atoms with Gasteiger partial charge in [0, 0.05) is 19.5 Å². The van der Waals surface area contributed by atoms with E-state index in [1.807, 2.05) is 9.47 Å². The van der Waals surface area contributed by atoms with Crippen molar-refractivity contribution in [2.75, 3.05) is 13.1 Å². The molecule has 6 heteroatoms. The first-order chi connectivity index (χ1) is 10.0. The summed E-state index contributed by atoms with van der Waals surface area (Å²) in [6.45, 7) is 8.63. The maximum absolute atomic E-state index is 12.6. The van der Waals surface area contributed by atoms with Gasteiger partial charge in [-0.2, -0.15) is 5.10 Å². The summed E-state index contributed by atoms with van der Waals surface area (Å²) in [5.41, 5.74) is 0. The van der Waals surface area contributed by atoms with Crippen LogP contribution in [0.5, 0.6) is 0 Å². The lowest BCUT2D eigenvalue weighted by atomic mass is 9.97. The molecule has 21 heavy (non-hydrogen) atoms. The number of aromatic amines is 1. The normalized spacial score (nSPS) is 23.1. The summed E-state index contributed by atoms with van der Waals surface area (Å²) in [6, 6.07) is 0. The van der Waals surface area contributed by atoms with Crippen LogP contribution in [0.25, 0.3) is 0 Å². The second kappa shape index (κ2) is 7.20. The maximum Gasteiger partial charge on any atom is 0.242 e. The van der Waals surface area contributed by atoms with Crippen molar-refractivity contribution in [3.63, 3.8) is 0 Å². The number of carbonyl (C=O) groups is 1. The predicted molar refractivity (Wildman–Crippen MR) is 85.5 cm³/mol. The molecule has 0 saturated carbocycles. The van der Waals surface area contributed by atoms with Crippen LogP contribution in [-0.4, -0.2) is 38.7 Å². The Bertz CT molecular complexity index is 536. The zero-order valence-corrected chi connectivity index (χ0v) is 14.1. The third kappa shape index (κ3) is 4.15. The van der Waals surface area contributed by atoms with Gasteiger partial charge in [0.2, 0.25) is 5.91 Å². The Kier molecular flexibility index (Phi) is 5.56. The van der Waals surface area contributed by atoms with Crippen LogP contribution in [0, 0.1) is 16.6 Å². The largest absolute Gasteiger partial charge is 0.341 e. The maximum atomic E-state index is 12.6. The quantitative estimate of drug-likeness (QED) is 0.870. The minimum absolute atomic E-state index is 0.158. The van der Waals surface area contributed by atoms with E-state index in [1.165, 1.54) is 6.42 Å². The minimum Gasteiger partial charge on any atom is -0.341 e. The molecule has 1 amide bonds. The molecule has 1 aromatic rings. The monoisotopic (exact) mass is 310 g/mol. The van der Waals surface area contributed by atoms with Crippen molar-refractivity contribution in [2.24, 2.45) is 11.8 Å². The van der Waals surface area contributed by atoms with Gasteiger partial charge in [0.1, 0.15) is 12.4 Å². The van der Waals surface area contributed by atoms with E-state index in [0.29, 0.717) is 23.2 Å². The van der Waals surface area contributed by atoms with Crippen molar-refractivity contribution in [2.45, 2.75) is 53.0 Å². The van der Waals surface area contributed by atoms with E-state index in [0.717, 1.165) is 38.2 Å². The van der Waals surface area contributed by atoms with Gasteiger partial charge in [0.05, 0.1) is 0 Å². The van der Waals surface area contributed by atoms with E-state index < -0.39 is 0 Å². The molecule has 2 atom stereocenters. The van der Waals surface area contributed by atoms with Gasteiger partial charge in [-0.1, -0.05) is 20.8 Å². The van der Waals surface area contributed by atoms with E-state index in [2.05, 4.69) is 31.0 Å². The molecule has 0 aliphatic carbocycles. The van der Waals surface area contributed by atoms with E-state index >= 15 is 0 Å². The number of hydrogen-bond donors (Lipinski definition) is 1. The van der Waals surface area contributed by atoms with Crippen LogP contribution >= 0.6 is 12.2 Å². The number of aryl methyl sites for hydroxylation is 1. The highest BCUT2D eigenvalue weighted by Gasteiger charge is 2.23. The number of carbonyl (C=O) groups excluding carboxylic acids is 1. The average Bonchev–Trinajstić information content (AvgIpc) is 2.66. The smallest absolute Gasteiger partial charge is 0.242 e. The Morgan fingerprint density at radius 3 is 2.90 bits per heavy atom. The van der Waals surface area contributed by atoms with Crippen molar-refractivity contribution < 1.29 is 4.79 Å². The van der Waals surface area contributed by atoms with Gasteiger partial charge in [-0.25, -0.2) is 0 Å². The first kappa shape index (κ1) is 16.2. The zero-order chi connectivity index (χ0) is 15.4. The summed E-state index contributed by atoms with van der Waals surface area (Å²) in [7, 11) is 0. The fourth-order valence-electron chi connectivity index (χ4n) is 3.11. The van der Waals surface area contributed by atoms with E-state index in [-0.39, 0.29) is 5.91 Å². The predicted octanol–water partition coefficient (Wildman–Crippen LogP) is 2.79. The van der Waals surface area contributed by atoms with Crippen LogP contribution < -0.4 is 0 Å². The highest BCUT2D eigenvalue weighted by atomic mass is 32.1. The summed E-state index contributed by atoms with van der Waals surface area (Å²) >= 11 is 5.25. The van der Waals surface area contributed by atoms with E-state index in [4.69, 9.17) is 12.2 Å². The number of amides is 1. The van der Waals surface area contributed by atoms with Gasteiger partial charge in [-0.15, -0.1) is 0 Å². The molecule has 2 heterocycles. The van der Waals surface area contributed by atoms with Gasteiger partial charge in [0.15, 0.2) is 4.77 Å². The Hall–Kier alpha value is -1.17. The number of hydrogen-bond acceptors (Lipinski definition) is 3. The summed E-state index contributed by atoms with van der Waals surface area (Å²) in [6.07, 6.45) is 4.13. The fourth-order valence-corrected chi connectivity index (χ4v) is 3.33. The molecule has 0 radical (unpaired) electrons. The van der Waals surface area contributed by atoms with Crippen LogP contribution in [0.3, 0.4) is 0 Å². The lowest BCUT2D eigenvalue weighted by Gasteiger charge is -2.23. The first-order valence-corrected chi connectivity index (χ1v) is 8.34. The summed E-state index contributed by atoms with van der Waals surface area (Å²) in [5, 5.41) is 7.03. The molecule has 1 aliphatic heterocycles. The molecule has 0 unspecified atom stereocenters. The molecule has 1 aromatic heterocycles. The molecule has 118 valence electrons. The molecule has 1 N–H and O–H groups in total. The molecule has 0 aromatic carbocycles. The lowest BCUT2D eigenvalue weighted by Crippen LogP contribution is -2.36. The molecule has 2 rings (SSSR count). The van der Waals surface area contributed by atoms with Gasteiger partial charge in [-0.05, 0) is 43.3 Å². The Morgan fingerprint density at radius 1 is 1.43 bits per heavy atom. The Balaban J connectivity index is 2.07. The molecule has 5 nitrogen and oxygen atoms in total. The number of likely N-dealkylation sites (tertiary alicyclic amines) is 1. The van der Waals surface area contributed by atoms with Crippen molar-refractivity contribution in [3.8, 4) is 0 Å². The van der Waals surface area contributed by atoms with Gasteiger partial charge >= 0.3 is 0 Å². The lowest BCUT2D eigenvalue weighted by molar-refractivity contribution is -0.132. The van der Waals surface area contributed by atoms with Crippen LogP contribution in [-0.2, 0) is 17.8 Å². The van der Waals surface area contributed by atoms with Gasteiger partial charge < -0.3 is 4.90 Å². The van der Waals surface area contributed by atoms with Crippen molar-refractivity contribution >= 4 is 18.1 Å². The molecule has 1 saturated heterocycles. The zero-order valence-electron chi connectivity index (χ0n) is 13.3. The highest BCUT2D eigenvalue weighted by Crippen LogP contribution is 2.21. The third-order valence-electron chi connectivity index (χ3n) is 4.19. The standard InChI is InChI=1S/C15H26N4OS/c1-4-5-13-16-17-15(21)19(13)10-14(20)18-7-6-11(2)8-12(3)9-18/h11-12H,4-10H2,1-3H3,(H,17,21)/t11-,12+/m1/s1. The third-order valence-corrected chi connectivity index (χ3v) is 4.50. The second-order valence-corrected chi connectivity index (χ2v) is 6.74. The second-order valence-electron chi connectivity index (χ2n) is 6.36. The number of H-pyrrole nitrogens is 1. The molecule has 0 bridgehead atoms. The number of rotatable bonds is 4. The molecule has 1 fully saturated rings. The number of aromatic nitrogens is 3. The summed E-state index contributed by atoms with van der Waals surface area (Å²) in [4.78, 5) is 14.6. The van der Waals surface area contributed by atoms with Crippen LogP contribution in [0.2, 0.25) is 0 Å². The fraction of sp³-hybridized carbons (Fsp3) is 0.800. The van der Waals surface area contributed by atoms with E-state index in [9.17, 15) is 4.79 Å². The SMILES string of the molecule is CCCc1n[nH]c(=S)n1CC(=O)N1CC[C@@H](C)C[C@H](C)C1. The minimum atomic E-state index is 0.158. The Labute approximate surface area is 131 Å². The van der Waals surface area contributed by atoms with Gasteiger partial charge in [0.25, 0.3) is 0 Å². The first-order valence-electron chi connectivity index (χ1n) is 7.93. The van der Waals surface area contributed by atoms with Crippen molar-refractivity contribution in [1.82, 2.24) is 19.7 Å². The summed E-state index contributed by atoms with van der Waals surface area (Å²) in [5.74, 6) is 2.31. The van der Waals surface area contributed by atoms with Crippen LogP contribution in [0.4, 0.5) is 0 Å². The van der Waals surface area contributed by atoms with Crippen LogP contribution in [0.15, 0.2) is 0 Å². The highest BCUT2D eigenvalue weighted by molar-refractivity contribution is 7.71. The Morgan fingerprint density at radius 2 is 2.19 bits per heavy atom. The average molecular weight is 310 g/mol. The summed E-state index contributed by atoms with van der Waals surface area (Å²) < 4.78 is 2.39. The molecular weight excluding hydrogens is 284 g/mol. The van der Waals surface area contributed by atoms with Crippen molar-refractivity contribution in [3.05, 3.63) is 10.6 Å². The van der Waals surface area contributed by atoms with E-state index in [1.54, 1.807) is 0 Å². The number of nitrogens with one attached hydrogen (secondary N) is 1. The van der Waals surface area contributed by atoms with Gasteiger partial charge in [-0.3, -0.25) is 14.5 Å². The number of nitrogens with zero attached hydrogens (tertiary/aromatic N) is 3. The molecule has 0 spiro atoms. The molecular formula is C15H26N4OS. The molecule has 1 aliphatic rings. The van der Waals surface area contributed by atoms with Crippen molar-refractivity contribution in [1.29, 1.82) is 0 Å². The van der Waals surface area contributed by atoms with Crippen LogP contribution in [0.1, 0.15) is 45.9 Å². The topological polar surface area (TPSA) is 53.9 Å².